The van der Waals surface area contributed by atoms with Gasteiger partial charge in [0.25, 0.3) is 0 Å². The van der Waals surface area contributed by atoms with Gasteiger partial charge in [0.05, 0.1) is 16.6 Å². The molecule has 0 saturated heterocycles. The third kappa shape index (κ3) is 3.36. The van der Waals surface area contributed by atoms with Crippen LogP contribution in [0.25, 0.3) is 60.4 Å². The van der Waals surface area contributed by atoms with Gasteiger partial charge in [0, 0.05) is 63.9 Å². The van der Waals surface area contributed by atoms with E-state index < -0.39 is 0 Å². The van der Waals surface area contributed by atoms with Crippen LogP contribution >= 0.6 is 0 Å². The molecule has 0 amide bonds. The molecule has 4 heterocycles. The van der Waals surface area contributed by atoms with E-state index in [1.807, 2.05) is 18.5 Å². The van der Waals surface area contributed by atoms with Gasteiger partial charge in [-0.1, -0.05) is 72.8 Å². The third-order valence-corrected chi connectivity index (χ3v) is 9.49. The van der Waals surface area contributed by atoms with Gasteiger partial charge < -0.3 is 9.13 Å². The van der Waals surface area contributed by atoms with Crippen molar-refractivity contribution in [1.82, 2.24) is 18.7 Å². The number of allylic oxidation sites excluding steroid dienone is 4. The van der Waals surface area contributed by atoms with Crippen LogP contribution in [0.4, 0.5) is 11.4 Å². The molecule has 0 radical (unpaired) electrons. The second kappa shape index (κ2) is 9.25. The normalized spacial score (nSPS) is 15.5. The van der Waals surface area contributed by atoms with E-state index in [0.717, 1.165) is 16.8 Å². The highest BCUT2D eigenvalue weighted by Crippen LogP contribution is 2.47. The molecule has 4 heteroatoms. The van der Waals surface area contributed by atoms with E-state index in [9.17, 15) is 0 Å². The van der Waals surface area contributed by atoms with Gasteiger partial charge in [-0.3, -0.25) is 4.98 Å². The zero-order valence-corrected chi connectivity index (χ0v) is 24.4. The van der Waals surface area contributed by atoms with E-state index in [4.69, 9.17) is 0 Å². The van der Waals surface area contributed by atoms with Crippen molar-refractivity contribution in [2.75, 3.05) is 0 Å². The fourth-order valence-electron chi connectivity index (χ4n) is 7.66. The van der Waals surface area contributed by atoms with Crippen molar-refractivity contribution >= 4 is 60.7 Å². The third-order valence-electron chi connectivity index (χ3n) is 9.49. The smallest absolute Gasteiger partial charge is 0.235 e. The maximum Gasteiger partial charge on any atom is 0.235 e. The van der Waals surface area contributed by atoms with Gasteiger partial charge in [-0.05, 0) is 59.7 Å². The minimum atomic E-state index is 0.0721. The lowest BCUT2D eigenvalue weighted by atomic mass is 10.0. The molecule has 0 N–H and O–H groups in total. The minimum absolute atomic E-state index is 0.0721. The first kappa shape index (κ1) is 24.4. The molecule has 45 heavy (non-hydrogen) atoms. The molecule has 8 aromatic rings. The fourth-order valence-corrected chi connectivity index (χ4v) is 7.66. The van der Waals surface area contributed by atoms with Crippen LogP contribution in [-0.4, -0.2) is 19.8 Å². The summed E-state index contributed by atoms with van der Waals surface area (Å²) in [5.41, 5.74) is 12.0. The lowest BCUT2D eigenvalue weighted by Gasteiger charge is -2.24. The Morgan fingerprint density at radius 2 is 1.40 bits per heavy atom. The Labute approximate surface area is 259 Å². The lowest BCUT2D eigenvalue weighted by molar-refractivity contribution is 0.781. The topological polar surface area (TPSA) is 25.8 Å². The molecule has 1 atom stereocenters. The highest BCUT2D eigenvalue weighted by atomic mass is 15.2. The van der Waals surface area contributed by atoms with Crippen molar-refractivity contribution < 1.29 is 0 Å². The zero-order valence-electron chi connectivity index (χ0n) is 24.4. The molecule has 2 aliphatic rings. The Morgan fingerprint density at radius 1 is 0.600 bits per heavy atom. The zero-order chi connectivity index (χ0) is 29.5. The number of rotatable bonds is 3. The van der Waals surface area contributed by atoms with Crippen LogP contribution in [0.5, 0.6) is 0 Å². The number of fused-ring (bicyclic) bond motifs is 9. The molecule has 3 aromatic heterocycles. The van der Waals surface area contributed by atoms with Crippen molar-refractivity contribution in [3.63, 3.8) is 0 Å². The van der Waals surface area contributed by atoms with Gasteiger partial charge in [-0.2, -0.15) is 4.58 Å². The molecule has 210 valence electrons. The molecule has 1 aliphatic heterocycles. The molecule has 1 aliphatic carbocycles. The van der Waals surface area contributed by atoms with Gasteiger partial charge in [0.15, 0.2) is 0 Å². The summed E-state index contributed by atoms with van der Waals surface area (Å²) in [5, 5.41) is 5.17. The molecule has 0 bridgehead atoms. The number of benzene rings is 5. The molecule has 0 saturated carbocycles. The summed E-state index contributed by atoms with van der Waals surface area (Å²) >= 11 is 0. The highest BCUT2D eigenvalue weighted by Gasteiger charge is 2.37. The van der Waals surface area contributed by atoms with Gasteiger partial charge in [0.1, 0.15) is 11.6 Å². The molecule has 5 aromatic carbocycles. The van der Waals surface area contributed by atoms with Crippen LogP contribution < -0.4 is 4.58 Å². The molecule has 1 unspecified atom stereocenters. The van der Waals surface area contributed by atoms with Crippen LogP contribution in [-0.2, 0) is 0 Å². The number of hydrogen-bond acceptors (Lipinski definition) is 1. The van der Waals surface area contributed by atoms with Gasteiger partial charge in [-0.15, -0.1) is 0 Å². The SMILES string of the molecule is C1=CC2=[N+](c3ccc(-c4cccnc4)cc3)c3cccc4c5c6c7ccccc7n(-c7ccccc7)c6ccc5n(c34)C2C=C1. The minimum Gasteiger partial charge on any atom is -0.318 e. The summed E-state index contributed by atoms with van der Waals surface area (Å²) in [4.78, 5) is 4.32. The average molecular weight is 576 g/mol. The second-order valence-corrected chi connectivity index (χ2v) is 11.8. The molecule has 0 fully saturated rings. The van der Waals surface area contributed by atoms with Crippen molar-refractivity contribution in [3.05, 3.63) is 158 Å². The van der Waals surface area contributed by atoms with Crippen LogP contribution in [0.3, 0.4) is 0 Å². The predicted molar refractivity (Wildman–Crippen MR) is 187 cm³/mol. The average Bonchev–Trinajstić information content (AvgIpc) is 3.63. The summed E-state index contributed by atoms with van der Waals surface area (Å²) in [7, 11) is 0. The first-order valence-electron chi connectivity index (χ1n) is 15.4. The fraction of sp³-hybridized carbons (Fsp3) is 0.0244. The van der Waals surface area contributed by atoms with E-state index in [1.54, 1.807) is 0 Å². The van der Waals surface area contributed by atoms with Gasteiger partial charge in [-0.25, -0.2) is 0 Å². The number of hydrogen-bond donors (Lipinski definition) is 0. The quantitative estimate of drug-likeness (QED) is 0.193. The summed E-state index contributed by atoms with van der Waals surface area (Å²) in [6.45, 7) is 0. The molecule has 10 rings (SSSR count). The van der Waals surface area contributed by atoms with Crippen LogP contribution in [0.1, 0.15) is 6.04 Å². The summed E-state index contributed by atoms with van der Waals surface area (Å²) in [6.07, 6.45) is 12.7. The predicted octanol–water partition coefficient (Wildman–Crippen LogP) is 9.91. The first-order chi connectivity index (χ1) is 22.4. The molecular weight excluding hydrogens is 548 g/mol. The first-order valence-corrected chi connectivity index (χ1v) is 15.4. The van der Waals surface area contributed by atoms with E-state index in [-0.39, 0.29) is 6.04 Å². The van der Waals surface area contributed by atoms with Crippen molar-refractivity contribution in [2.45, 2.75) is 6.04 Å². The maximum atomic E-state index is 4.32. The largest absolute Gasteiger partial charge is 0.318 e. The Morgan fingerprint density at radius 3 is 2.27 bits per heavy atom. The summed E-state index contributed by atoms with van der Waals surface area (Å²) in [5.74, 6) is 0. The summed E-state index contributed by atoms with van der Waals surface area (Å²) < 4.78 is 7.42. The monoisotopic (exact) mass is 575 g/mol. The van der Waals surface area contributed by atoms with E-state index >= 15 is 0 Å². The number of pyridine rings is 1. The van der Waals surface area contributed by atoms with E-state index in [0.29, 0.717) is 0 Å². The number of nitrogens with zero attached hydrogens (tertiary/aromatic N) is 4. The Hall–Kier alpha value is -6.00. The lowest BCUT2D eigenvalue weighted by Crippen LogP contribution is -2.30. The van der Waals surface area contributed by atoms with Crippen LogP contribution in [0, 0.1) is 0 Å². The van der Waals surface area contributed by atoms with Crippen LogP contribution in [0.15, 0.2) is 158 Å². The maximum absolute atomic E-state index is 4.32. The van der Waals surface area contributed by atoms with Crippen LogP contribution in [0.2, 0.25) is 0 Å². The van der Waals surface area contributed by atoms with Gasteiger partial charge >= 0.3 is 0 Å². The molecule has 0 spiro atoms. The Bertz CT molecular complexity index is 2560. The number of para-hydroxylation sites is 3. The highest BCUT2D eigenvalue weighted by molar-refractivity contribution is 6.30. The van der Waals surface area contributed by atoms with Crippen molar-refractivity contribution in [3.8, 4) is 16.8 Å². The van der Waals surface area contributed by atoms with Crippen molar-refractivity contribution in [1.29, 1.82) is 0 Å². The van der Waals surface area contributed by atoms with Gasteiger partial charge in [0.2, 0.25) is 17.1 Å². The van der Waals surface area contributed by atoms with E-state index in [1.165, 1.54) is 60.7 Å². The Kier molecular flexibility index (Phi) is 5.02. The van der Waals surface area contributed by atoms with Crippen molar-refractivity contribution in [2.24, 2.45) is 0 Å². The summed E-state index contributed by atoms with van der Waals surface area (Å²) in [6, 6.07) is 44.0. The number of aromatic nitrogens is 3. The molecular formula is C41H27N4+. The Balaban J connectivity index is 1.29. The van der Waals surface area contributed by atoms with E-state index in [2.05, 4.69) is 158 Å². The standard InChI is InChI=1S/C41H27N4/c1-2-11-29(12-3-1)43-33-15-5-4-13-31(33)39-36(43)23-24-37-40(39)32-14-8-18-38-41(32)45(37)35-17-7-6-16-34(35)44(38)30-21-19-27(20-22-30)28-10-9-25-42-26-28/h1-26,35H/q+1. The second-order valence-electron chi connectivity index (χ2n) is 11.8. The molecule has 4 nitrogen and oxygen atoms in total.